The molecular formula is C21H32N4O4. The normalized spacial score (nSPS) is 19.4. The zero-order valence-corrected chi connectivity index (χ0v) is 18.1. The van der Waals surface area contributed by atoms with E-state index >= 15 is 0 Å². The van der Waals surface area contributed by atoms with Gasteiger partial charge in [-0.3, -0.25) is 9.59 Å². The predicted molar refractivity (Wildman–Crippen MR) is 112 cm³/mol. The van der Waals surface area contributed by atoms with Crippen molar-refractivity contribution in [2.24, 2.45) is 5.92 Å². The summed E-state index contributed by atoms with van der Waals surface area (Å²) < 4.78 is 6.30. The number of amides is 4. The van der Waals surface area contributed by atoms with Crippen LogP contribution in [0.25, 0.3) is 0 Å². The standard InChI is InChI=1S/C21H32N4O4/c1-13(2)22-21(28)25(6)12-19-14(3)11-24(5)20(27)10-16-9-17(23-15(4)26)7-8-18(16)29-19/h7-9,13-14,19H,10-12H2,1-6H3,(H,22,28)(H,23,26)/t14-,19-/m0/s1. The zero-order valence-electron chi connectivity index (χ0n) is 18.1. The quantitative estimate of drug-likeness (QED) is 0.804. The number of nitrogens with zero attached hydrogens (tertiary/aromatic N) is 2. The van der Waals surface area contributed by atoms with Crippen molar-refractivity contribution in [3.63, 3.8) is 0 Å². The fraction of sp³-hybridized carbons (Fsp3) is 0.571. The molecule has 2 atom stereocenters. The molecule has 29 heavy (non-hydrogen) atoms. The number of carbonyl (C=O) groups excluding carboxylic acids is 3. The molecule has 0 aliphatic carbocycles. The summed E-state index contributed by atoms with van der Waals surface area (Å²) in [5.41, 5.74) is 1.33. The van der Waals surface area contributed by atoms with Gasteiger partial charge in [0.2, 0.25) is 11.8 Å². The van der Waals surface area contributed by atoms with Gasteiger partial charge in [-0.1, -0.05) is 6.92 Å². The van der Waals surface area contributed by atoms with Crippen molar-refractivity contribution in [2.75, 3.05) is 32.5 Å². The number of urea groups is 1. The van der Waals surface area contributed by atoms with Gasteiger partial charge in [-0.15, -0.1) is 0 Å². The number of ether oxygens (including phenoxy) is 1. The van der Waals surface area contributed by atoms with E-state index in [1.807, 2.05) is 20.8 Å². The minimum atomic E-state index is -0.295. The lowest BCUT2D eigenvalue weighted by Crippen LogP contribution is -2.48. The molecule has 1 aromatic rings. The monoisotopic (exact) mass is 404 g/mol. The smallest absolute Gasteiger partial charge is 0.317 e. The number of hydrogen-bond acceptors (Lipinski definition) is 4. The molecule has 0 bridgehead atoms. The van der Waals surface area contributed by atoms with Gasteiger partial charge in [-0.2, -0.15) is 0 Å². The fourth-order valence-corrected chi connectivity index (χ4v) is 3.27. The van der Waals surface area contributed by atoms with E-state index in [9.17, 15) is 14.4 Å². The number of rotatable bonds is 4. The van der Waals surface area contributed by atoms with Crippen LogP contribution in [-0.4, -0.2) is 67.0 Å². The molecule has 8 nitrogen and oxygen atoms in total. The van der Waals surface area contributed by atoms with E-state index in [0.29, 0.717) is 30.1 Å². The molecule has 0 aromatic heterocycles. The van der Waals surface area contributed by atoms with E-state index in [4.69, 9.17) is 4.74 Å². The van der Waals surface area contributed by atoms with E-state index in [1.54, 1.807) is 42.1 Å². The lowest BCUT2D eigenvalue weighted by Gasteiger charge is -2.31. The maximum absolute atomic E-state index is 12.6. The highest BCUT2D eigenvalue weighted by Crippen LogP contribution is 2.28. The molecule has 1 aliphatic rings. The van der Waals surface area contributed by atoms with Crippen molar-refractivity contribution in [1.82, 2.24) is 15.1 Å². The van der Waals surface area contributed by atoms with Crippen molar-refractivity contribution in [1.29, 1.82) is 0 Å². The SMILES string of the molecule is CC(=O)Nc1ccc2c(c1)CC(=O)N(C)C[C@H](C)[C@H](CN(C)C(=O)NC(C)C)O2. The second-order valence-electron chi connectivity index (χ2n) is 8.07. The molecule has 2 rings (SSSR count). The van der Waals surface area contributed by atoms with Crippen LogP contribution in [0.5, 0.6) is 5.75 Å². The molecule has 160 valence electrons. The number of anilines is 1. The molecule has 0 radical (unpaired) electrons. The number of carbonyl (C=O) groups is 3. The molecule has 0 unspecified atom stereocenters. The average Bonchev–Trinajstić information content (AvgIpc) is 2.64. The van der Waals surface area contributed by atoms with Crippen LogP contribution in [0.3, 0.4) is 0 Å². The van der Waals surface area contributed by atoms with Gasteiger partial charge in [-0.05, 0) is 32.0 Å². The van der Waals surface area contributed by atoms with Crippen molar-refractivity contribution in [3.05, 3.63) is 23.8 Å². The van der Waals surface area contributed by atoms with E-state index in [-0.39, 0.29) is 42.3 Å². The van der Waals surface area contributed by atoms with E-state index in [1.165, 1.54) is 6.92 Å². The molecule has 4 amide bonds. The summed E-state index contributed by atoms with van der Waals surface area (Å²) in [6, 6.07) is 5.17. The molecule has 8 heteroatoms. The highest BCUT2D eigenvalue weighted by Gasteiger charge is 2.29. The van der Waals surface area contributed by atoms with Crippen LogP contribution in [0.2, 0.25) is 0 Å². The maximum Gasteiger partial charge on any atom is 0.317 e. The summed E-state index contributed by atoms with van der Waals surface area (Å²) in [5.74, 6) is 0.409. The second kappa shape index (κ2) is 9.62. The molecule has 1 heterocycles. The molecule has 0 fully saturated rings. The van der Waals surface area contributed by atoms with Gasteiger partial charge in [0.15, 0.2) is 0 Å². The highest BCUT2D eigenvalue weighted by molar-refractivity contribution is 5.89. The van der Waals surface area contributed by atoms with Crippen LogP contribution < -0.4 is 15.4 Å². The van der Waals surface area contributed by atoms with E-state index < -0.39 is 0 Å². The fourth-order valence-electron chi connectivity index (χ4n) is 3.27. The van der Waals surface area contributed by atoms with Crippen LogP contribution in [0.4, 0.5) is 10.5 Å². The van der Waals surface area contributed by atoms with Gasteiger partial charge in [0, 0.05) is 50.8 Å². The van der Waals surface area contributed by atoms with Crippen molar-refractivity contribution in [3.8, 4) is 5.75 Å². The van der Waals surface area contributed by atoms with E-state index in [0.717, 1.165) is 0 Å². The summed E-state index contributed by atoms with van der Waals surface area (Å²) in [5, 5.41) is 5.61. The summed E-state index contributed by atoms with van der Waals surface area (Å²) >= 11 is 0. The Labute approximate surface area is 172 Å². The minimum absolute atomic E-state index is 0.0132. The van der Waals surface area contributed by atoms with Crippen molar-refractivity contribution >= 4 is 23.5 Å². The first-order valence-corrected chi connectivity index (χ1v) is 9.89. The Morgan fingerprint density at radius 2 is 2.03 bits per heavy atom. The third kappa shape index (κ3) is 6.37. The third-order valence-corrected chi connectivity index (χ3v) is 4.84. The Hall–Kier alpha value is -2.77. The minimum Gasteiger partial charge on any atom is -0.488 e. The Morgan fingerprint density at radius 1 is 1.34 bits per heavy atom. The Morgan fingerprint density at radius 3 is 2.66 bits per heavy atom. The number of hydrogen-bond donors (Lipinski definition) is 2. The summed E-state index contributed by atoms with van der Waals surface area (Å²) in [7, 11) is 3.50. The van der Waals surface area contributed by atoms with E-state index in [2.05, 4.69) is 10.6 Å². The van der Waals surface area contributed by atoms with Gasteiger partial charge in [0.1, 0.15) is 11.9 Å². The Bertz CT molecular complexity index is 765. The van der Waals surface area contributed by atoms with Gasteiger partial charge in [0.25, 0.3) is 0 Å². The molecule has 2 N–H and O–H groups in total. The predicted octanol–water partition coefficient (Wildman–Crippen LogP) is 2.09. The Balaban J connectivity index is 2.30. The molecule has 1 aliphatic heterocycles. The van der Waals surface area contributed by atoms with Crippen LogP contribution in [0, 0.1) is 5.92 Å². The summed E-state index contributed by atoms with van der Waals surface area (Å²) in [6.45, 7) is 8.18. The molecule has 0 saturated carbocycles. The lowest BCUT2D eigenvalue weighted by atomic mass is 10.0. The molecule has 0 saturated heterocycles. The lowest BCUT2D eigenvalue weighted by molar-refractivity contribution is -0.129. The van der Waals surface area contributed by atoms with Crippen LogP contribution >= 0.6 is 0 Å². The molecule has 1 aromatic carbocycles. The zero-order chi connectivity index (χ0) is 21.7. The topological polar surface area (TPSA) is 91.0 Å². The van der Waals surface area contributed by atoms with Crippen LogP contribution in [0.15, 0.2) is 18.2 Å². The van der Waals surface area contributed by atoms with Gasteiger partial charge >= 0.3 is 6.03 Å². The first-order chi connectivity index (χ1) is 13.6. The number of fused-ring (bicyclic) bond motifs is 1. The number of nitrogens with one attached hydrogen (secondary N) is 2. The van der Waals surface area contributed by atoms with Gasteiger partial charge < -0.3 is 25.2 Å². The largest absolute Gasteiger partial charge is 0.488 e. The summed E-state index contributed by atoms with van der Waals surface area (Å²) in [4.78, 5) is 39.6. The number of likely N-dealkylation sites (N-methyl/N-ethyl adjacent to an activating group) is 2. The second-order valence-corrected chi connectivity index (χ2v) is 8.07. The average molecular weight is 405 g/mol. The molecule has 0 spiro atoms. The summed E-state index contributed by atoms with van der Waals surface area (Å²) in [6.07, 6.45) is -0.112. The Kier molecular flexibility index (Phi) is 7.47. The number of benzene rings is 1. The van der Waals surface area contributed by atoms with Gasteiger partial charge in [-0.25, -0.2) is 4.79 Å². The first kappa shape index (κ1) is 22.5. The highest BCUT2D eigenvalue weighted by atomic mass is 16.5. The molecular weight excluding hydrogens is 372 g/mol. The maximum atomic E-state index is 12.6. The first-order valence-electron chi connectivity index (χ1n) is 9.89. The van der Waals surface area contributed by atoms with Crippen LogP contribution in [0.1, 0.15) is 33.3 Å². The van der Waals surface area contributed by atoms with Crippen molar-refractivity contribution < 1.29 is 19.1 Å². The van der Waals surface area contributed by atoms with Gasteiger partial charge in [0.05, 0.1) is 13.0 Å². The van der Waals surface area contributed by atoms with Crippen LogP contribution in [-0.2, 0) is 16.0 Å². The van der Waals surface area contributed by atoms with Crippen molar-refractivity contribution in [2.45, 2.75) is 46.3 Å². The third-order valence-electron chi connectivity index (χ3n) is 4.84.